The van der Waals surface area contributed by atoms with E-state index >= 15 is 0 Å². The van der Waals surface area contributed by atoms with Gasteiger partial charge in [-0.05, 0) is 69.1 Å². The minimum Gasteiger partial charge on any atom is -0.462 e. The molecule has 7 aliphatic rings. The largest absolute Gasteiger partial charge is 0.462 e. The van der Waals surface area contributed by atoms with Gasteiger partial charge >= 0.3 is 5.97 Å². The normalized spacial score (nSPS) is 49.0. The summed E-state index contributed by atoms with van der Waals surface area (Å²) in [7, 11) is 3.25. The van der Waals surface area contributed by atoms with E-state index in [1.807, 2.05) is 39.0 Å². The molecule has 13 nitrogen and oxygen atoms in total. The van der Waals surface area contributed by atoms with Crippen LogP contribution in [-0.2, 0) is 52.2 Å². The first kappa shape index (κ1) is 46.0. The van der Waals surface area contributed by atoms with Crippen LogP contribution < -0.4 is 0 Å². The van der Waals surface area contributed by atoms with E-state index in [1.165, 1.54) is 0 Å². The maximum Gasteiger partial charge on any atom is 0.313 e. The number of hydrogen-bond acceptors (Lipinski definition) is 13. The smallest absolute Gasteiger partial charge is 0.313 e. The number of carbonyl (C=O) groups excluding carboxylic acids is 1. The third-order valence-electron chi connectivity index (χ3n) is 14.2. The van der Waals surface area contributed by atoms with Crippen LogP contribution >= 0.6 is 0 Å². The lowest BCUT2D eigenvalue weighted by molar-refractivity contribution is -0.340. The van der Waals surface area contributed by atoms with Crippen molar-refractivity contribution < 1.29 is 62.4 Å². The summed E-state index contributed by atoms with van der Waals surface area (Å²) < 4.78 is 64.1. The van der Waals surface area contributed by atoms with Gasteiger partial charge in [-0.1, -0.05) is 58.1 Å². The maximum absolute atomic E-state index is 14.3. The highest BCUT2D eigenvalue weighted by atomic mass is 16.7. The van der Waals surface area contributed by atoms with Gasteiger partial charge in [-0.3, -0.25) is 4.79 Å². The number of hydrogen-bond donors (Lipinski definition) is 2. The number of rotatable bonds is 7. The van der Waals surface area contributed by atoms with Crippen LogP contribution in [-0.4, -0.2) is 129 Å². The third-order valence-corrected chi connectivity index (χ3v) is 14.2. The molecule has 0 aromatic heterocycles. The Morgan fingerprint density at radius 3 is 2.33 bits per heavy atom. The van der Waals surface area contributed by atoms with E-state index in [9.17, 15) is 15.0 Å². The Hall–Kier alpha value is -2.01. The topological polar surface area (TPSA) is 150 Å². The van der Waals surface area contributed by atoms with Crippen molar-refractivity contribution in [3.05, 3.63) is 47.1 Å². The van der Waals surface area contributed by atoms with Crippen LogP contribution in [0.1, 0.15) is 100 Å². The quantitative estimate of drug-likeness (QED) is 0.225. The van der Waals surface area contributed by atoms with E-state index < -0.39 is 73.1 Å². The summed E-state index contributed by atoms with van der Waals surface area (Å²) >= 11 is 0. The summed E-state index contributed by atoms with van der Waals surface area (Å²) in [6, 6.07) is 0. The third kappa shape index (κ3) is 9.87. The zero-order valence-electron chi connectivity index (χ0n) is 37.4. The van der Waals surface area contributed by atoms with Crippen LogP contribution in [0.2, 0.25) is 0 Å². The Balaban J connectivity index is 1.16. The van der Waals surface area contributed by atoms with Crippen molar-refractivity contribution in [2.45, 2.75) is 192 Å². The van der Waals surface area contributed by atoms with Gasteiger partial charge in [-0.15, -0.1) is 0 Å². The summed E-state index contributed by atoms with van der Waals surface area (Å²) in [6.45, 7) is 16.8. The molecule has 60 heavy (non-hydrogen) atoms. The monoisotopic (exact) mass is 844 g/mol. The van der Waals surface area contributed by atoms with Crippen LogP contribution in [0, 0.1) is 29.6 Å². The second-order valence-electron chi connectivity index (χ2n) is 19.1. The van der Waals surface area contributed by atoms with Gasteiger partial charge in [0.15, 0.2) is 18.4 Å². The summed E-state index contributed by atoms with van der Waals surface area (Å²) in [5.74, 6) is -1.51. The van der Waals surface area contributed by atoms with E-state index in [0.717, 1.165) is 24.0 Å². The van der Waals surface area contributed by atoms with E-state index in [1.54, 1.807) is 14.2 Å². The molecule has 2 bridgehead atoms. The van der Waals surface area contributed by atoms with Gasteiger partial charge in [0.1, 0.15) is 24.4 Å². The van der Waals surface area contributed by atoms with Gasteiger partial charge < -0.3 is 57.6 Å². The number of esters is 1. The van der Waals surface area contributed by atoms with Gasteiger partial charge in [-0.25, -0.2) is 0 Å². The molecule has 5 saturated heterocycles. The fourth-order valence-electron chi connectivity index (χ4n) is 10.8. The average molecular weight is 845 g/mol. The Kier molecular flexibility index (Phi) is 14.9. The van der Waals surface area contributed by atoms with Crippen LogP contribution in [0.15, 0.2) is 47.1 Å². The van der Waals surface area contributed by atoms with E-state index in [-0.39, 0.29) is 42.2 Å². The van der Waals surface area contributed by atoms with Crippen molar-refractivity contribution in [1.82, 2.24) is 0 Å². The van der Waals surface area contributed by atoms with Crippen LogP contribution in [0.4, 0.5) is 0 Å². The van der Waals surface area contributed by atoms with Gasteiger partial charge in [0.2, 0.25) is 0 Å². The number of aliphatic hydroxyl groups is 2. The lowest BCUT2D eigenvalue weighted by Gasteiger charge is -2.50. The highest BCUT2D eigenvalue weighted by Crippen LogP contribution is 2.46. The Bertz CT molecular complexity index is 1610. The molecule has 0 amide bonds. The SMILES string of the molecule is COC1C[C@H](O[C@H]2C(C)O[C@@H](O[C@@H]3/C(C)=C/C[C@@H]4C[C@@H](C[C@]5(CC[C@H](C)C(C(C)C)O5)O4)OC(=O)C4C=C(C)[C@@H](O)C5OC/C(=C\C=C\[C@@H]3C)C45)CC2OC)OC(C)[C@@H]1O. The second-order valence-corrected chi connectivity index (χ2v) is 19.1. The lowest BCUT2D eigenvalue weighted by Crippen LogP contribution is -2.55. The zero-order valence-corrected chi connectivity index (χ0v) is 37.4. The van der Waals surface area contributed by atoms with Crippen LogP contribution in [0.25, 0.3) is 0 Å². The molecule has 6 heterocycles. The molecule has 1 spiro atoms. The van der Waals surface area contributed by atoms with Crippen molar-refractivity contribution in [2.75, 3.05) is 20.8 Å². The van der Waals surface area contributed by atoms with Crippen molar-refractivity contribution >= 4 is 5.97 Å². The number of carbonyl (C=O) groups is 1. The van der Waals surface area contributed by atoms with Gasteiger partial charge in [0.25, 0.3) is 0 Å². The first-order chi connectivity index (χ1) is 28.6. The second kappa shape index (κ2) is 19.4. The summed E-state index contributed by atoms with van der Waals surface area (Å²) in [6.07, 6.45) is 7.98. The van der Waals surface area contributed by atoms with Crippen molar-refractivity contribution in [3.8, 4) is 0 Å². The number of aliphatic hydroxyl groups excluding tert-OH is 2. The van der Waals surface area contributed by atoms with Crippen molar-refractivity contribution in [2.24, 2.45) is 29.6 Å². The molecule has 0 aromatic rings. The fourth-order valence-corrected chi connectivity index (χ4v) is 10.8. The summed E-state index contributed by atoms with van der Waals surface area (Å²) in [4.78, 5) is 14.3. The molecule has 7 rings (SSSR count). The summed E-state index contributed by atoms with van der Waals surface area (Å²) in [5.41, 5.74) is 2.69. The predicted molar refractivity (Wildman–Crippen MR) is 221 cm³/mol. The zero-order chi connectivity index (χ0) is 43.0. The standard InChI is InChI=1S/C47H72O13/c1-24(2)42-27(5)16-17-47(60-42)22-33-19-32(59-47)15-14-26(4)43(25(3)12-11-13-31-23-53-45-39(31)34(46(50)56-33)18-28(6)40(45)48)57-38-21-36(52-10)44(30(8)55-38)58-37-20-35(51-9)41(49)29(7)54-37/h11-14,18,24-25,27,29-30,32-45,48-49H,15-17,19-23H2,1-10H3/b12-11+,26-14+,31-13+/t25-,27-,29?,30?,32+,33-,34?,35?,36?,37-,38-,39?,40+,41-,42?,43-,44-,45?,47+/m0/s1. The highest BCUT2D eigenvalue weighted by Gasteiger charge is 2.52. The van der Waals surface area contributed by atoms with E-state index in [0.29, 0.717) is 56.1 Å². The molecule has 6 aliphatic heterocycles. The van der Waals surface area contributed by atoms with Gasteiger partial charge in [-0.2, -0.15) is 0 Å². The Morgan fingerprint density at radius 1 is 0.883 bits per heavy atom. The first-order valence-electron chi connectivity index (χ1n) is 22.5. The van der Waals surface area contributed by atoms with Crippen LogP contribution in [0.5, 0.6) is 0 Å². The molecule has 338 valence electrons. The lowest BCUT2D eigenvalue weighted by atomic mass is 9.75. The number of fused-ring (bicyclic) bond motifs is 2. The average Bonchev–Trinajstić information content (AvgIpc) is 3.63. The minimum absolute atomic E-state index is 0.0247. The maximum atomic E-state index is 14.3. The molecule has 19 atom stereocenters. The molecule has 0 aromatic carbocycles. The van der Waals surface area contributed by atoms with Gasteiger partial charge in [0.05, 0.1) is 61.4 Å². The van der Waals surface area contributed by atoms with Gasteiger partial charge in [0, 0.05) is 58.2 Å². The number of allylic oxidation sites excluding steroid dienone is 2. The Labute approximate surface area is 357 Å². The summed E-state index contributed by atoms with van der Waals surface area (Å²) in [5, 5.41) is 21.7. The molecule has 1 aliphatic carbocycles. The fraction of sp³-hybridized carbons (Fsp3) is 0.809. The highest BCUT2D eigenvalue weighted by molar-refractivity contribution is 5.76. The van der Waals surface area contributed by atoms with Crippen molar-refractivity contribution in [1.29, 1.82) is 0 Å². The van der Waals surface area contributed by atoms with E-state index in [4.69, 9.17) is 47.4 Å². The molecule has 0 radical (unpaired) electrons. The molecule has 2 N–H and O–H groups in total. The van der Waals surface area contributed by atoms with Crippen LogP contribution in [0.3, 0.4) is 0 Å². The number of ether oxygens (including phenoxy) is 10. The Morgan fingerprint density at radius 2 is 1.60 bits per heavy atom. The van der Waals surface area contributed by atoms with Crippen molar-refractivity contribution in [3.63, 3.8) is 0 Å². The van der Waals surface area contributed by atoms with E-state index in [2.05, 4.69) is 46.8 Å². The number of methoxy groups -OCH3 is 2. The molecule has 13 heteroatoms. The molecule has 5 fully saturated rings. The molecular formula is C47H72O13. The minimum atomic E-state index is -0.863. The first-order valence-corrected chi connectivity index (χ1v) is 22.5. The molecule has 0 saturated carbocycles. The molecule has 8 unspecified atom stereocenters. The predicted octanol–water partition coefficient (Wildman–Crippen LogP) is 6.10. The molecular weight excluding hydrogens is 773 g/mol.